The van der Waals surface area contributed by atoms with E-state index in [9.17, 15) is 0 Å². The maximum atomic E-state index is 4.08. The van der Waals surface area contributed by atoms with Crippen molar-refractivity contribution in [2.75, 3.05) is 0 Å². The van der Waals surface area contributed by atoms with Gasteiger partial charge >= 0.3 is 0 Å². The first-order chi connectivity index (χ1) is 7.79. The molecule has 0 aromatic rings. The smallest absolute Gasteiger partial charge is 0.0181 e. The van der Waals surface area contributed by atoms with Gasteiger partial charge in [-0.2, -0.15) is 0 Å². The molecule has 1 atom stereocenters. The van der Waals surface area contributed by atoms with Crippen molar-refractivity contribution in [1.82, 2.24) is 5.32 Å². The molecular weight excluding hydrogens is 194 g/mol. The van der Waals surface area contributed by atoms with Crippen molar-refractivity contribution in [1.29, 1.82) is 0 Å². The summed E-state index contributed by atoms with van der Waals surface area (Å²) in [4.78, 5) is 0. The van der Waals surface area contributed by atoms with Gasteiger partial charge in [0.05, 0.1) is 0 Å². The standard InChI is InChI=1S/C15H27N/c1-2-15(10-6-11-15)16-13-7-12-14(13)8-4-3-5-9-14/h13,16H,2-12H2,1H3. The minimum absolute atomic E-state index is 0.565. The third-order valence-corrected chi connectivity index (χ3v) is 5.99. The SMILES string of the molecule is CCC1(NC2CCC23CCCCC3)CCC1. The third-order valence-electron chi connectivity index (χ3n) is 5.99. The predicted octanol–water partition coefficient (Wildman–Crippen LogP) is 4.02. The lowest BCUT2D eigenvalue weighted by Gasteiger charge is -2.57. The van der Waals surface area contributed by atoms with Crippen molar-refractivity contribution >= 4 is 0 Å². The molecule has 3 saturated carbocycles. The Hall–Kier alpha value is -0.0400. The molecule has 1 nitrogen and oxygen atoms in total. The molecule has 3 aliphatic carbocycles. The molecule has 0 aromatic heterocycles. The zero-order valence-electron chi connectivity index (χ0n) is 10.9. The number of hydrogen-bond acceptors (Lipinski definition) is 1. The van der Waals surface area contributed by atoms with Crippen LogP contribution >= 0.6 is 0 Å². The van der Waals surface area contributed by atoms with Crippen LogP contribution < -0.4 is 5.32 Å². The van der Waals surface area contributed by atoms with Gasteiger partial charge in [-0.3, -0.25) is 0 Å². The first-order valence-electron chi connectivity index (χ1n) is 7.56. The summed E-state index contributed by atoms with van der Waals surface area (Å²) in [7, 11) is 0. The Labute approximate surface area is 100 Å². The van der Waals surface area contributed by atoms with Crippen LogP contribution in [0.3, 0.4) is 0 Å². The maximum Gasteiger partial charge on any atom is 0.0181 e. The highest BCUT2D eigenvalue weighted by atomic mass is 15.1. The minimum Gasteiger partial charge on any atom is -0.308 e. The Morgan fingerprint density at radius 2 is 1.69 bits per heavy atom. The average Bonchev–Trinajstić information content (AvgIpc) is 2.28. The van der Waals surface area contributed by atoms with Gasteiger partial charge < -0.3 is 5.32 Å². The van der Waals surface area contributed by atoms with Gasteiger partial charge in [0.15, 0.2) is 0 Å². The molecule has 0 aliphatic heterocycles. The van der Waals surface area contributed by atoms with E-state index < -0.39 is 0 Å². The van der Waals surface area contributed by atoms with Gasteiger partial charge in [0.2, 0.25) is 0 Å². The normalized spacial score (nSPS) is 35.4. The van der Waals surface area contributed by atoms with E-state index in [0.29, 0.717) is 5.54 Å². The largest absolute Gasteiger partial charge is 0.308 e. The zero-order chi connectivity index (χ0) is 11.1. The highest BCUT2D eigenvalue weighted by molar-refractivity contribution is 5.07. The predicted molar refractivity (Wildman–Crippen MR) is 68.5 cm³/mol. The topological polar surface area (TPSA) is 12.0 Å². The Balaban J connectivity index is 1.62. The summed E-state index contributed by atoms with van der Waals surface area (Å²) in [6.07, 6.45) is 16.2. The Kier molecular flexibility index (Phi) is 2.78. The molecule has 0 saturated heterocycles. The van der Waals surface area contributed by atoms with Gasteiger partial charge in [-0.1, -0.05) is 26.2 Å². The quantitative estimate of drug-likeness (QED) is 0.759. The van der Waals surface area contributed by atoms with Gasteiger partial charge in [0.1, 0.15) is 0 Å². The van der Waals surface area contributed by atoms with E-state index in [4.69, 9.17) is 0 Å². The van der Waals surface area contributed by atoms with Crippen LogP contribution in [-0.4, -0.2) is 11.6 Å². The van der Waals surface area contributed by atoms with Crippen LogP contribution in [0.4, 0.5) is 0 Å². The van der Waals surface area contributed by atoms with Crippen LogP contribution in [0.5, 0.6) is 0 Å². The summed E-state index contributed by atoms with van der Waals surface area (Å²) >= 11 is 0. The highest BCUT2D eigenvalue weighted by Crippen LogP contribution is 2.53. The first-order valence-corrected chi connectivity index (χ1v) is 7.56. The highest BCUT2D eigenvalue weighted by Gasteiger charge is 2.50. The van der Waals surface area contributed by atoms with Crippen molar-refractivity contribution in [2.24, 2.45) is 5.41 Å². The van der Waals surface area contributed by atoms with E-state index in [-0.39, 0.29) is 0 Å². The number of hydrogen-bond donors (Lipinski definition) is 1. The third kappa shape index (κ3) is 1.63. The van der Waals surface area contributed by atoms with Gasteiger partial charge in [-0.25, -0.2) is 0 Å². The molecule has 1 unspecified atom stereocenters. The van der Waals surface area contributed by atoms with E-state index in [1.54, 1.807) is 0 Å². The second-order valence-corrected chi connectivity index (χ2v) is 6.65. The van der Waals surface area contributed by atoms with E-state index >= 15 is 0 Å². The first kappa shape index (κ1) is 11.1. The average molecular weight is 221 g/mol. The van der Waals surface area contributed by atoms with Crippen molar-refractivity contribution in [3.05, 3.63) is 0 Å². The van der Waals surface area contributed by atoms with Crippen LogP contribution in [-0.2, 0) is 0 Å². The monoisotopic (exact) mass is 221 g/mol. The molecule has 16 heavy (non-hydrogen) atoms. The number of rotatable bonds is 3. The van der Waals surface area contributed by atoms with E-state index in [0.717, 1.165) is 11.5 Å². The molecule has 3 fully saturated rings. The molecular formula is C15H27N. The molecule has 92 valence electrons. The molecule has 0 heterocycles. The number of nitrogens with one attached hydrogen (secondary N) is 1. The summed E-state index contributed by atoms with van der Waals surface area (Å²) in [5, 5.41) is 4.08. The molecule has 1 heteroatoms. The van der Waals surface area contributed by atoms with Crippen molar-refractivity contribution in [3.8, 4) is 0 Å². The lowest BCUT2D eigenvalue weighted by molar-refractivity contribution is -0.0124. The maximum absolute atomic E-state index is 4.08. The second-order valence-electron chi connectivity index (χ2n) is 6.65. The van der Waals surface area contributed by atoms with Crippen LogP contribution in [0, 0.1) is 5.41 Å². The molecule has 0 bridgehead atoms. The van der Waals surface area contributed by atoms with Crippen LogP contribution in [0.2, 0.25) is 0 Å². The Morgan fingerprint density at radius 3 is 2.12 bits per heavy atom. The minimum atomic E-state index is 0.565. The molecule has 0 aromatic carbocycles. The fraction of sp³-hybridized carbons (Fsp3) is 1.00. The summed E-state index contributed by atoms with van der Waals surface area (Å²) in [5.41, 5.74) is 1.31. The van der Waals surface area contributed by atoms with Crippen LogP contribution in [0.25, 0.3) is 0 Å². The van der Waals surface area contributed by atoms with Gasteiger partial charge in [-0.05, 0) is 56.8 Å². The van der Waals surface area contributed by atoms with E-state index in [2.05, 4.69) is 12.2 Å². The summed E-state index contributed by atoms with van der Waals surface area (Å²) in [6.45, 7) is 2.37. The Bertz CT molecular complexity index is 243. The van der Waals surface area contributed by atoms with Crippen molar-refractivity contribution in [3.63, 3.8) is 0 Å². The van der Waals surface area contributed by atoms with Crippen LogP contribution in [0.15, 0.2) is 0 Å². The Morgan fingerprint density at radius 1 is 0.938 bits per heavy atom. The summed E-state index contributed by atoms with van der Waals surface area (Å²) < 4.78 is 0. The fourth-order valence-electron chi connectivity index (χ4n) is 4.35. The zero-order valence-corrected chi connectivity index (χ0v) is 10.9. The second kappa shape index (κ2) is 4.01. The molecule has 1 spiro atoms. The molecule has 3 aliphatic rings. The van der Waals surface area contributed by atoms with Gasteiger partial charge in [0.25, 0.3) is 0 Å². The van der Waals surface area contributed by atoms with Crippen LogP contribution in [0.1, 0.15) is 77.6 Å². The summed E-state index contributed by atoms with van der Waals surface area (Å²) in [6, 6.07) is 0.882. The molecule has 1 N–H and O–H groups in total. The van der Waals surface area contributed by atoms with E-state index in [1.807, 2.05) is 0 Å². The van der Waals surface area contributed by atoms with Gasteiger partial charge in [0, 0.05) is 11.6 Å². The van der Waals surface area contributed by atoms with E-state index in [1.165, 1.54) is 70.6 Å². The fourth-order valence-corrected chi connectivity index (χ4v) is 4.35. The molecule has 0 amide bonds. The molecule has 3 rings (SSSR count). The summed E-state index contributed by atoms with van der Waals surface area (Å²) in [5.74, 6) is 0. The lowest BCUT2D eigenvalue weighted by atomic mass is 9.56. The lowest BCUT2D eigenvalue weighted by Crippen LogP contribution is -2.63. The van der Waals surface area contributed by atoms with Gasteiger partial charge in [-0.15, -0.1) is 0 Å². The van der Waals surface area contributed by atoms with Crippen molar-refractivity contribution < 1.29 is 0 Å². The molecule has 0 radical (unpaired) electrons. The van der Waals surface area contributed by atoms with Crippen molar-refractivity contribution in [2.45, 2.75) is 89.1 Å².